The van der Waals surface area contributed by atoms with Crippen LogP contribution in [0.2, 0.25) is 0 Å². The summed E-state index contributed by atoms with van der Waals surface area (Å²) in [6.07, 6.45) is 10.9. The molecule has 3 N–H and O–H groups in total. The van der Waals surface area contributed by atoms with E-state index < -0.39 is 11.8 Å². The lowest BCUT2D eigenvalue weighted by Gasteiger charge is -2.16. The van der Waals surface area contributed by atoms with Gasteiger partial charge in [-0.1, -0.05) is 60.7 Å². The maximum absolute atomic E-state index is 13.1. The van der Waals surface area contributed by atoms with E-state index in [0.717, 1.165) is 87.8 Å². The minimum atomic E-state index is -0.965. The molecule has 2 aliphatic carbocycles. The monoisotopic (exact) mass is 751 g/mol. The molecule has 5 aromatic rings. The van der Waals surface area contributed by atoms with Gasteiger partial charge in [-0.2, -0.15) is 0 Å². The van der Waals surface area contributed by atoms with Gasteiger partial charge in [0, 0.05) is 42.2 Å². The third kappa shape index (κ3) is 11.0. The van der Waals surface area contributed by atoms with Crippen molar-refractivity contribution >= 4 is 41.2 Å². The van der Waals surface area contributed by atoms with E-state index in [9.17, 15) is 23.6 Å². The highest BCUT2D eigenvalue weighted by Gasteiger charge is 2.18. The molecule has 0 aromatic heterocycles. The molecule has 0 radical (unpaired) electrons. The van der Waals surface area contributed by atoms with Crippen LogP contribution in [0.5, 0.6) is 11.5 Å². The number of aliphatic carboxylic acids is 1. The molecule has 0 aliphatic heterocycles. The Balaban J connectivity index is 0.000000198. The Bertz CT molecular complexity index is 2290. The molecule has 0 heterocycles. The van der Waals surface area contributed by atoms with Crippen molar-refractivity contribution in [2.45, 2.75) is 58.2 Å². The van der Waals surface area contributed by atoms with E-state index in [-0.39, 0.29) is 29.5 Å². The van der Waals surface area contributed by atoms with E-state index in [1.165, 1.54) is 24.3 Å². The first-order valence-electron chi connectivity index (χ1n) is 18.5. The summed E-state index contributed by atoms with van der Waals surface area (Å²) >= 11 is 0. The molecule has 2 aliphatic rings. The van der Waals surface area contributed by atoms with Gasteiger partial charge in [0.25, 0.3) is 0 Å². The van der Waals surface area contributed by atoms with Crippen LogP contribution in [0, 0.1) is 5.82 Å². The predicted molar refractivity (Wildman–Crippen MR) is 214 cm³/mol. The Labute approximate surface area is 325 Å². The van der Waals surface area contributed by atoms with Crippen LogP contribution in [0.15, 0.2) is 115 Å². The van der Waals surface area contributed by atoms with Gasteiger partial charge in [0.2, 0.25) is 0 Å². The fraction of sp³-hybridized carbons (Fsp3) is 0.191. The smallest absolute Gasteiger partial charge is 0.328 e. The van der Waals surface area contributed by atoms with Crippen molar-refractivity contribution in [2.24, 2.45) is 0 Å². The number of aryl methyl sites for hydroxylation is 2. The SMILES string of the molecule is Nc1cc(F)ccc1CC(=O)/C=C/c1ccc(COc2ccc3c(c2)CCCC3=O)cc1.O=C(O)/C=C/c1ccc(COc2ccc3c(c2)CCCC3=O)cc1. The van der Waals surface area contributed by atoms with Crippen molar-refractivity contribution in [2.75, 3.05) is 5.73 Å². The molecule has 0 spiro atoms. The predicted octanol–water partition coefficient (Wildman–Crippen LogP) is 9.21. The number of hydrogen-bond donors (Lipinski definition) is 2. The third-order valence-electron chi connectivity index (χ3n) is 9.58. The number of carbonyl (C=O) groups excluding carboxylic acids is 3. The van der Waals surface area contributed by atoms with Crippen LogP contribution in [-0.4, -0.2) is 28.4 Å². The number of carboxylic acid groups (broad SMARTS) is 1. The molecule has 0 atom stereocenters. The van der Waals surface area contributed by atoms with Crippen molar-refractivity contribution in [1.29, 1.82) is 0 Å². The number of ketones is 3. The Hall–Kier alpha value is -6.61. The number of allylic oxidation sites excluding steroid dienone is 1. The lowest BCUT2D eigenvalue weighted by molar-refractivity contribution is -0.131. The maximum Gasteiger partial charge on any atom is 0.328 e. The molecule has 0 bridgehead atoms. The van der Waals surface area contributed by atoms with E-state index in [2.05, 4.69) is 0 Å². The number of nitrogens with two attached hydrogens (primary N) is 1. The Morgan fingerprint density at radius 1 is 0.643 bits per heavy atom. The number of nitrogen functional groups attached to an aromatic ring is 1. The molecule has 284 valence electrons. The van der Waals surface area contributed by atoms with Crippen molar-refractivity contribution in [1.82, 2.24) is 0 Å². The number of anilines is 1. The first-order chi connectivity index (χ1) is 27.1. The van der Waals surface area contributed by atoms with Crippen molar-refractivity contribution in [3.8, 4) is 11.5 Å². The van der Waals surface area contributed by atoms with Gasteiger partial charge in [0.05, 0.1) is 0 Å². The average molecular weight is 752 g/mol. The van der Waals surface area contributed by atoms with E-state index in [1.807, 2.05) is 84.9 Å². The first kappa shape index (κ1) is 39.1. The molecule has 9 heteroatoms. The molecular weight excluding hydrogens is 710 g/mol. The molecule has 5 aromatic carbocycles. The number of carboxylic acids is 1. The normalized spacial score (nSPS) is 13.4. The van der Waals surface area contributed by atoms with Crippen LogP contribution in [0.3, 0.4) is 0 Å². The molecule has 8 nitrogen and oxygen atoms in total. The lowest BCUT2D eigenvalue weighted by Crippen LogP contribution is -2.10. The summed E-state index contributed by atoms with van der Waals surface area (Å²) in [6, 6.07) is 30.6. The van der Waals surface area contributed by atoms with Crippen LogP contribution in [0.25, 0.3) is 12.2 Å². The van der Waals surface area contributed by atoms with Crippen LogP contribution in [-0.2, 0) is 42.1 Å². The minimum Gasteiger partial charge on any atom is -0.489 e. The van der Waals surface area contributed by atoms with E-state index in [1.54, 1.807) is 12.2 Å². The second kappa shape index (κ2) is 18.6. The van der Waals surface area contributed by atoms with Crippen molar-refractivity contribution in [3.63, 3.8) is 0 Å². The summed E-state index contributed by atoms with van der Waals surface area (Å²) in [6.45, 7) is 0.842. The average Bonchev–Trinajstić information content (AvgIpc) is 3.20. The summed E-state index contributed by atoms with van der Waals surface area (Å²) in [5, 5.41) is 8.61. The number of halogens is 1. The summed E-state index contributed by atoms with van der Waals surface area (Å²) in [4.78, 5) is 46.4. The van der Waals surface area contributed by atoms with Gasteiger partial charge in [-0.15, -0.1) is 0 Å². The third-order valence-corrected chi connectivity index (χ3v) is 9.58. The number of ether oxygens (including phenoxy) is 2. The second-order valence-corrected chi connectivity index (χ2v) is 13.7. The van der Waals surface area contributed by atoms with Crippen molar-refractivity contribution < 1.29 is 38.1 Å². The van der Waals surface area contributed by atoms with E-state index in [0.29, 0.717) is 31.6 Å². The molecule has 7 rings (SSSR count). The molecule has 0 amide bonds. The Kier molecular flexibility index (Phi) is 13.0. The highest BCUT2D eigenvalue weighted by Crippen LogP contribution is 2.27. The second-order valence-electron chi connectivity index (χ2n) is 13.7. The standard InChI is InChI=1S/C27H24FNO3.C20H18O4/c28-22-10-9-21(26(29)16-22)14-23(30)11-8-18-4-6-19(7-5-18)17-32-24-12-13-25-20(15-24)2-1-3-27(25)31;21-19-3-1-2-16-12-17(9-10-18(16)19)24-13-15-6-4-14(5-7-15)8-11-20(22)23/h4-13,15-16H,1-3,14,17,29H2;4-12H,1-3,13H2,(H,22,23)/b2*11-8+. The zero-order valence-corrected chi connectivity index (χ0v) is 30.8. The summed E-state index contributed by atoms with van der Waals surface area (Å²) < 4.78 is 24.8. The Morgan fingerprint density at radius 2 is 1.14 bits per heavy atom. The summed E-state index contributed by atoms with van der Waals surface area (Å²) in [5.74, 6) is 0.454. The zero-order valence-electron chi connectivity index (χ0n) is 30.8. The Morgan fingerprint density at radius 3 is 1.62 bits per heavy atom. The van der Waals surface area contributed by atoms with Gasteiger partial charge in [0.15, 0.2) is 17.3 Å². The topological polar surface area (TPSA) is 133 Å². The first-order valence-corrected chi connectivity index (χ1v) is 18.5. The van der Waals surface area contributed by atoms with E-state index >= 15 is 0 Å². The maximum atomic E-state index is 13.1. The summed E-state index contributed by atoms with van der Waals surface area (Å²) in [7, 11) is 0. The van der Waals surface area contributed by atoms with E-state index in [4.69, 9.17) is 20.3 Å². The lowest BCUT2D eigenvalue weighted by atomic mass is 9.90. The van der Waals surface area contributed by atoms with Gasteiger partial charge in [-0.05, 0) is 125 Å². The largest absolute Gasteiger partial charge is 0.489 e. The quantitative estimate of drug-likeness (QED) is 0.0953. The summed E-state index contributed by atoms with van der Waals surface area (Å²) in [5.41, 5.74) is 14.1. The number of Topliss-reactive ketones (excluding diaryl/α,β-unsaturated/α-hetero) is 2. The molecule has 0 saturated carbocycles. The highest BCUT2D eigenvalue weighted by atomic mass is 19.1. The van der Waals surface area contributed by atoms with Gasteiger partial charge in [-0.25, -0.2) is 9.18 Å². The molecule has 0 fully saturated rings. The van der Waals surface area contributed by atoms with Crippen LogP contribution >= 0.6 is 0 Å². The van der Waals surface area contributed by atoms with Gasteiger partial charge in [-0.3, -0.25) is 14.4 Å². The number of benzene rings is 5. The molecular formula is C47H42FNO7. The van der Waals surface area contributed by atoms with Crippen LogP contribution in [0.4, 0.5) is 10.1 Å². The minimum absolute atomic E-state index is 0.110. The fourth-order valence-corrected chi connectivity index (χ4v) is 6.54. The van der Waals surface area contributed by atoms with Crippen LogP contribution in [0.1, 0.15) is 85.3 Å². The number of carbonyl (C=O) groups is 4. The number of hydrogen-bond acceptors (Lipinski definition) is 7. The van der Waals surface area contributed by atoms with Gasteiger partial charge < -0.3 is 20.3 Å². The molecule has 0 saturated heterocycles. The van der Waals surface area contributed by atoms with Gasteiger partial charge in [0.1, 0.15) is 30.5 Å². The van der Waals surface area contributed by atoms with Gasteiger partial charge >= 0.3 is 5.97 Å². The molecule has 56 heavy (non-hydrogen) atoms. The highest BCUT2D eigenvalue weighted by molar-refractivity contribution is 5.99. The van der Waals surface area contributed by atoms with Crippen molar-refractivity contribution in [3.05, 3.63) is 171 Å². The molecule has 0 unspecified atom stereocenters. The number of fused-ring (bicyclic) bond motifs is 2. The number of rotatable bonds is 12. The zero-order chi connectivity index (χ0) is 39.4. The fourth-order valence-electron chi connectivity index (χ4n) is 6.54. The van der Waals surface area contributed by atoms with Crippen LogP contribution < -0.4 is 15.2 Å².